The van der Waals surface area contributed by atoms with E-state index in [9.17, 15) is 0 Å². The largest absolute Gasteiger partial charge is 0.457 e. The van der Waals surface area contributed by atoms with Crippen molar-refractivity contribution < 1.29 is 9.15 Å². The molecule has 0 N–H and O–H groups in total. The van der Waals surface area contributed by atoms with Crippen LogP contribution in [0, 0.1) is 0 Å². The summed E-state index contributed by atoms with van der Waals surface area (Å²) < 4.78 is 14.3. The third-order valence-electron chi connectivity index (χ3n) is 7.66. The Hall–Kier alpha value is -4.22. The van der Waals surface area contributed by atoms with Crippen LogP contribution in [0.25, 0.3) is 54.0 Å². The van der Waals surface area contributed by atoms with Crippen LogP contribution in [-0.2, 0) is 10.8 Å². The zero-order valence-electron chi connectivity index (χ0n) is 24.2. The fourth-order valence-corrected chi connectivity index (χ4v) is 6.58. The summed E-state index contributed by atoms with van der Waals surface area (Å²) in [7, 11) is 0. The van der Waals surface area contributed by atoms with E-state index >= 15 is 0 Å². The molecule has 0 amide bonds. The summed E-state index contributed by atoms with van der Waals surface area (Å²) in [5.74, 6) is 1.62. The molecular formula is C36H32N2O2S. The van der Waals surface area contributed by atoms with Crippen molar-refractivity contribution in [1.29, 1.82) is 0 Å². The predicted molar refractivity (Wildman–Crippen MR) is 171 cm³/mol. The van der Waals surface area contributed by atoms with Gasteiger partial charge in [0.15, 0.2) is 0 Å². The molecule has 0 aliphatic heterocycles. The number of furan rings is 1. The molecule has 0 spiro atoms. The standard InChI is InChI=1S/C36H32N2O2S/c1-35(2,3)23-16-22(27-20-30-33-32-28(40-30)11-9-12-31(32)41-34(33)38-27)17-24(19-23)39-29-18-21(26-10-7-8-15-37-26)13-14-25(29)36(4,5)6/h7-20H,1-6H3. The Bertz CT molecular complexity index is 1980. The van der Waals surface area contributed by atoms with E-state index in [1.807, 2.05) is 36.5 Å². The van der Waals surface area contributed by atoms with Gasteiger partial charge in [-0.3, -0.25) is 4.98 Å². The molecule has 3 aromatic carbocycles. The van der Waals surface area contributed by atoms with Gasteiger partial charge >= 0.3 is 0 Å². The van der Waals surface area contributed by atoms with Crippen molar-refractivity contribution in [3.63, 3.8) is 0 Å². The Balaban J connectivity index is 1.38. The third-order valence-corrected chi connectivity index (χ3v) is 8.71. The van der Waals surface area contributed by atoms with Crippen LogP contribution in [0.5, 0.6) is 11.5 Å². The molecule has 7 rings (SSSR count). The molecule has 4 heterocycles. The summed E-state index contributed by atoms with van der Waals surface area (Å²) in [5.41, 5.74) is 7.76. The van der Waals surface area contributed by atoms with Crippen LogP contribution < -0.4 is 4.74 Å². The van der Waals surface area contributed by atoms with Gasteiger partial charge in [0, 0.05) is 39.0 Å². The molecule has 0 saturated carbocycles. The van der Waals surface area contributed by atoms with Crippen LogP contribution in [0.2, 0.25) is 0 Å². The number of hydrogen-bond donors (Lipinski definition) is 0. The summed E-state index contributed by atoms with van der Waals surface area (Å²) in [4.78, 5) is 10.7. The molecule has 4 nitrogen and oxygen atoms in total. The van der Waals surface area contributed by atoms with Crippen molar-refractivity contribution in [2.75, 3.05) is 0 Å². The number of rotatable bonds is 4. The molecule has 0 bridgehead atoms. The van der Waals surface area contributed by atoms with Crippen molar-refractivity contribution in [3.05, 3.63) is 96.2 Å². The lowest BCUT2D eigenvalue weighted by Crippen LogP contribution is -2.13. The minimum absolute atomic E-state index is 0.0843. The average molecular weight is 557 g/mol. The van der Waals surface area contributed by atoms with E-state index in [4.69, 9.17) is 14.1 Å². The maximum absolute atomic E-state index is 6.80. The topological polar surface area (TPSA) is 48.2 Å². The third kappa shape index (κ3) is 4.54. The highest BCUT2D eigenvalue weighted by Crippen LogP contribution is 2.44. The average Bonchev–Trinajstić information content (AvgIpc) is 3.51. The summed E-state index contributed by atoms with van der Waals surface area (Å²) in [6.07, 6.45) is 1.82. The SMILES string of the molecule is CC(C)(C)c1cc(Oc2cc(-c3ccccn3)ccc2C(C)(C)C)cc(-c2cc3oc4cccc5sc(n2)c3c45)c1. The first-order chi connectivity index (χ1) is 19.5. The van der Waals surface area contributed by atoms with Gasteiger partial charge in [-0.2, -0.15) is 0 Å². The highest BCUT2D eigenvalue weighted by molar-refractivity contribution is 7.25. The maximum atomic E-state index is 6.80. The molecule has 4 aromatic heterocycles. The second-order valence-electron chi connectivity index (χ2n) is 12.8. The first kappa shape index (κ1) is 25.7. The normalized spacial score (nSPS) is 12.6. The Kier molecular flexibility index (Phi) is 5.74. The minimum atomic E-state index is -0.101. The molecule has 7 aromatic rings. The summed E-state index contributed by atoms with van der Waals surface area (Å²) in [5, 5.41) is 2.30. The highest BCUT2D eigenvalue weighted by Gasteiger charge is 2.23. The van der Waals surface area contributed by atoms with Crippen LogP contribution in [0.4, 0.5) is 0 Å². The molecule has 0 aliphatic rings. The number of benzene rings is 3. The molecule has 0 fully saturated rings. The molecular weight excluding hydrogens is 524 g/mol. The summed E-state index contributed by atoms with van der Waals surface area (Å²) in [6, 6.07) is 27.2. The van der Waals surface area contributed by atoms with Gasteiger partial charge in [0.1, 0.15) is 27.5 Å². The molecule has 0 atom stereocenters. The van der Waals surface area contributed by atoms with Crippen molar-refractivity contribution in [2.45, 2.75) is 52.4 Å². The summed E-state index contributed by atoms with van der Waals surface area (Å²) >= 11 is 1.72. The number of thiophene rings is 1. The van der Waals surface area contributed by atoms with E-state index in [2.05, 4.69) is 95.1 Å². The quantitative estimate of drug-likeness (QED) is 0.216. The van der Waals surface area contributed by atoms with Gasteiger partial charge in [-0.1, -0.05) is 65.8 Å². The number of aromatic nitrogens is 2. The molecule has 0 unspecified atom stereocenters. The van der Waals surface area contributed by atoms with Gasteiger partial charge in [-0.05, 0) is 64.9 Å². The Labute approximate surface area is 244 Å². The molecule has 0 saturated heterocycles. The monoisotopic (exact) mass is 556 g/mol. The predicted octanol–water partition coefficient (Wildman–Crippen LogP) is 10.7. The number of ether oxygens (including phenoxy) is 1. The van der Waals surface area contributed by atoms with Crippen molar-refractivity contribution >= 4 is 42.8 Å². The van der Waals surface area contributed by atoms with Gasteiger partial charge in [0.25, 0.3) is 0 Å². The van der Waals surface area contributed by atoms with Gasteiger partial charge in [0.2, 0.25) is 0 Å². The summed E-state index contributed by atoms with van der Waals surface area (Å²) in [6.45, 7) is 13.3. The van der Waals surface area contributed by atoms with E-state index in [0.717, 1.165) is 61.0 Å². The molecule has 41 heavy (non-hydrogen) atoms. The van der Waals surface area contributed by atoms with Crippen molar-refractivity contribution in [1.82, 2.24) is 9.97 Å². The van der Waals surface area contributed by atoms with E-state index in [-0.39, 0.29) is 10.8 Å². The molecule has 5 heteroatoms. The van der Waals surface area contributed by atoms with Crippen molar-refractivity contribution in [2.24, 2.45) is 0 Å². The first-order valence-electron chi connectivity index (χ1n) is 14.0. The van der Waals surface area contributed by atoms with E-state index in [1.165, 1.54) is 15.6 Å². The lowest BCUT2D eigenvalue weighted by atomic mass is 9.85. The van der Waals surface area contributed by atoms with Crippen LogP contribution in [0.3, 0.4) is 0 Å². The second-order valence-corrected chi connectivity index (χ2v) is 13.8. The van der Waals surface area contributed by atoms with E-state index < -0.39 is 0 Å². The van der Waals surface area contributed by atoms with Crippen LogP contribution in [-0.4, -0.2) is 9.97 Å². The van der Waals surface area contributed by atoms with Crippen molar-refractivity contribution in [3.8, 4) is 34.0 Å². The second kappa shape index (κ2) is 9.15. The Morgan fingerprint density at radius 2 is 1.56 bits per heavy atom. The van der Waals surface area contributed by atoms with Crippen LogP contribution >= 0.6 is 11.3 Å². The number of hydrogen-bond acceptors (Lipinski definition) is 5. The lowest BCUT2D eigenvalue weighted by molar-refractivity contribution is 0.453. The molecule has 204 valence electrons. The smallest absolute Gasteiger partial charge is 0.140 e. The molecule has 0 aliphatic carbocycles. The zero-order valence-corrected chi connectivity index (χ0v) is 25.0. The highest BCUT2D eigenvalue weighted by atomic mass is 32.1. The fourth-order valence-electron chi connectivity index (χ4n) is 5.47. The maximum Gasteiger partial charge on any atom is 0.140 e. The Morgan fingerprint density at radius 1 is 0.707 bits per heavy atom. The lowest BCUT2D eigenvalue weighted by Gasteiger charge is -2.25. The number of nitrogens with zero attached hydrogens (tertiary/aromatic N) is 2. The first-order valence-corrected chi connectivity index (χ1v) is 14.8. The van der Waals surface area contributed by atoms with E-state index in [1.54, 1.807) is 11.3 Å². The molecule has 0 radical (unpaired) electrons. The van der Waals surface area contributed by atoms with Gasteiger partial charge in [0.05, 0.1) is 16.8 Å². The van der Waals surface area contributed by atoms with Crippen LogP contribution in [0.1, 0.15) is 52.7 Å². The zero-order chi connectivity index (χ0) is 28.5. The van der Waals surface area contributed by atoms with Gasteiger partial charge < -0.3 is 9.15 Å². The Morgan fingerprint density at radius 3 is 2.32 bits per heavy atom. The van der Waals surface area contributed by atoms with Gasteiger partial charge in [-0.15, -0.1) is 11.3 Å². The minimum Gasteiger partial charge on any atom is -0.457 e. The fraction of sp³-hybridized carbons (Fsp3) is 0.222. The van der Waals surface area contributed by atoms with Crippen LogP contribution in [0.15, 0.2) is 89.5 Å². The number of pyridine rings is 2. The van der Waals surface area contributed by atoms with E-state index in [0.29, 0.717) is 0 Å². The van der Waals surface area contributed by atoms with Gasteiger partial charge in [-0.25, -0.2) is 4.98 Å².